The van der Waals surface area contributed by atoms with Crippen molar-refractivity contribution in [1.29, 1.82) is 0 Å². The molecule has 0 bridgehead atoms. The second-order valence-electron chi connectivity index (χ2n) is 12.1. The summed E-state index contributed by atoms with van der Waals surface area (Å²) in [5.74, 6) is -0.326. The lowest BCUT2D eigenvalue weighted by Crippen LogP contribution is -2.60. The van der Waals surface area contributed by atoms with E-state index >= 15 is 0 Å². The second kappa shape index (κ2) is 14.7. The van der Waals surface area contributed by atoms with E-state index in [0.717, 1.165) is 16.9 Å². The molecule has 2 aromatic carbocycles. The Labute approximate surface area is 275 Å². The van der Waals surface area contributed by atoms with Gasteiger partial charge in [-0.25, -0.2) is 4.98 Å². The lowest BCUT2D eigenvalue weighted by Gasteiger charge is -2.44. The van der Waals surface area contributed by atoms with Crippen LogP contribution in [0.25, 0.3) is 0 Å². The number of ether oxygens (including phenoxy) is 1. The molecule has 2 fully saturated rings. The Bertz CT molecular complexity index is 1550. The largest absolute Gasteiger partial charge is 0.497 e. The lowest BCUT2D eigenvalue weighted by molar-refractivity contribution is -0.141. The molecule has 0 radical (unpaired) electrons. The quantitative estimate of drug-likeness (QED) is 0.262. The van der Waals surface area contributed by atoms with Gasteiger partial charge in [0, 0.05) is 57.1 Å². The molecule has 13 nitrogen and oxygen atoms in total. The van der Waals surface area contributed by atoms with Crippen molar-refractivity contribution >= 4 is 29.3 Å². The van der Waals surface area contributed by atoms with Gasteiger partial charge < -0.3 is 40.4 Å². The summed E-state index contributed by atoms with van der Waals surface area (Å²) in [6.07, 6.45) is 4.58. The molecule has 0 aliphatic carbocycles. The van der Waals surface area contributed by atoms with Gasteiger partial charge >= 0.3 is 0 Å². The first kappa shape index (κ1) is 33.5. The maximum Gasteiger partial charge on any atom is 0.250 e. The van der Waals surface area contributed by atoms with Crippen LogP contribution in [0.2, 0.25) is 0 Å². The van der Waals surface area contributed by atoms with E-state index in [9.17, 15) is 19.2 Å². The summed E-state index contributed by atoms with van der Waals surface area (Å²) in [6.45, 7) is 3.17. The number of hydrogen-bond donors (Lipinski definition) is 3. The third-order valence-electron chi connectivity index (χ3n) is 9.09. The number of aromatic nitrogens is 2. The third kappa shape index (κ3) is 7.40. The van der Waals surface area contributed by atoms with Crippen molar-refractivity contribution in [2.45, 2.75) is 50.2 Å². The number of nitrogens with zero attached hydrogens (tertiary/aromatic N) is 5. The zero-order valence-electron chi connectivity index (χ0n) is 27.2. The Hall–Kier alpha value is -4.91. The molecule has 250 valence electrons. The van der Waals surface area contributed by atoms with Gasteiger partial charge in [-0.2, -0.15) is 0 Å². The molecule has 13 heteroatoms. The van der Waals surface area contributed by atoms with Crippen LogP contribution in [0.3, 0.4) is 0 Å². The summed E-state index contributed by atoms with van der Waals surface area (Å²) in [7, 11) is 3.42. The summed E-state index contributed by atoms with van der Waals surface area (Å²) in [5.41, 5.74) is 7.93. The fourth-order valence-corrected chi connectivity index (χ4v) is 6.44. The number of para-hydroxylation sites is 1. The molecular weight excluding hydrogens is 600 g/mol. The zero-order chi connectivity index (χ0) is 33.6. The van der Waals surface area contributed by atoms with Crippen LogP contribution in [0, 0.1) is 0 Å². The molecular formula is C34H44N8O5. The molecule has 2 saturated heterocycles. The number of piperidine rings is 1. The molecule has 0 saturated carbocycles. The third-order valence-corrected chi connectivity index (χ3v) is 9.09. The number of aryl methyl sites for hydroxylation is 1. The van der Waals surface area contributed by atoms with Gasteiger partial charge in [0.05, 0.1) is 26.1 Å². The molecule has 4 amide bonds. The number of nitrogens with one attached hydrogen (secondary N) is 2. The van der Waals surface area contributed by atoms with Crippen LogP contribution in [0.1, 0.15) is 31.0 Å². The minimum absolute atomic E-state index is 0.0323. The molecule has 2 atom stereocenters. The van der Waals surface area contributed by atoms with Crippen molar-refractivity contribution < 1.29 is 23.9 Å². The Balaban J connectivity index is 1.33. The van der Waals surface area contributed by atoms with Gasteiger partial charge in [-0.15, -0.1) is 0 Å². The van der Waals surface area contributed by atoms with Crippen molar-refractivity contribution in [2.24, 2.45) is 12.8 Å². The van der Waals surface area contributed by atoms with Crippen LogP contribution in [-0.2, 0) is 39.1 Å². The number of rotatable bonds is 12. The Kier molecular flexibility index (Phi) is 10.4. The van der Waals surface area contributed by atoms with Crippen molar-refractivity contribution in [2.75, 3.05) is 44.9 Å². The summed E-state index contributed by atoms with van der Waals surface area (Å²) in [5, 5.41) is 5.70. The van der Waals surface area contributed by atoms with Gasteiger partial charge in [0.2, 0.25) is 17.7 Å². The molecule has 2 aliphatic heterocycles. The molecule has 1 spiro atoms. The molecule has 3 aromatic rings. The van der Waals surface area contributed by atoms with E-state index in [-0.39, 0.29) is 43.8 Å². The monoisotopic (exact) mass is 644 g/mol. The number of carbonyl (C=O) groups is 4. The van der Waals surface area contributed by atoms with E-state index in [2.05, 4.69) is 20.5 Å². The highest BCUT2D eigenvalue weighted by atomic mass is 16.5. The maximum absolute atomic E-state index is 14.1. The predicted octanol–water partition coefficient (Wildman–Crippen LogP) is 0.830. The van der Waals surface area contributed by atoms with Crippen molar-refractivity contribution in [3.63, 3.8) is 0 Å². The van der Waals surface area contributed by atoms with Gasteiger partial charge in [0.25, 0.3) is 5.91 Å². The van der Waals surface area contributed by atoms with Gasteiger partial charge in [-0.05, 0) is 49.6 Å². The van der Waals surface area contributed by atoms with Crippen LogP contribution in [0.5, 0.6) is 5.75 Å². The maximum atomic E-state index is 14.1. The average molecular weight is 645 g/mol. The molecule has 1 unspecified atom stereocenters. The van der Waals surface area contributed by atoms with E-state index < -0.39 is 23.5 Å². The van der Waals surface area contributed by atoms with E-state index in [1.54, 1.807) is 34.0 Å². The van der Waals surface area contributed by atoms with E-state index in [0.29, 0.717) is 38.2 Å². The molecule has 2 aliphatic rings. The molecule has 5 rings (SSSR count). The highest BCUT2D eigenvalue weighted by Crippen LogP contribution is 2.39. The standard InChI is InChI=1S/C34H44N8O5/c1-4-37-30(43)21-41-23-42(25-8-6-5-7-9-25)34(33(41)46)14-16-40(17-15-34)32(45)29(18-24-10-12-27(47-3)13-11-24)38-31(44)28(35)19-26-20-36-22-39(26)2/h5-13,20,22,28-29H,4,14-19,21,23,35H2,1-3H3,(H,37,43)(H,38,44)/t28?,29-/m1/s1. The average Bonchev–Trinajstić information content (AvgIpc) is 3.60. The summed E-state index contributed by atoms with van der Waals surface area (Å²) >= 11 is 0. The second-order valence-corrected chi connectivity index (χ2v) is 12.1. The van der Waals surface area contributed by atoms with Gasteiger partial charge in [-0.3, -0.25) is 19.2 Å². The van der Waals surface area contributed by atoms with Crippen LogP contribution in [-0.4, -0.2) is 101 Å². The first-order valence-electron chi connectivity index (χ1n) is 16.0. The Morgan fingerprint density at radius 3 is 2.36 bits per heavy atom. The summed E-state index contributed by atoms with van der Waals surface area (Å²) in [4.78, 5) is 63.4. The number of anilines is 1. The minimum atomic E-state index is -0.898. The minimum Gasteiger partial charge on any atom is -0.497 e. The Morgan fingerprint density at radius 1 is 1.04 bits per heavy atom. The molecule has 4 N–H and O–H groups in total. The number of likely N-dealkylation sites (tertiary alicyclic amines) is 1. The number of imidazole rings is 1. The molecule has 47 heavy (non-hydrogen) atoms. The fraction of sp³-hybridized carbons (Fsp3) is 0.441. The number of likely N-dealkylation sites (N-methyl/N-ethyl adjacent to an activating group) is 1. The van der Waals surface area contributed by atoms with Gasteiger partial charge in [0.15, 0.2) is 0 Å². The Morgan fingerprint density at radius 2 is 1.74 bits per heavy atom. The number of nitrogens with two attached hydrogens (primary N) is 1. The number of carbonyl (C=O) groups excluding carboxylic acids is 4. The van der Waals surface area contributed by atoms with Crippen molar-refractivity contribution in [3.05, 3.63) is 78.4 Å². The van der Waals surface area contributed by atoms with Crippen LogP contribution < -0.4 is 26.0 Å². The lowest BCUT2D eigenvalue weighted by atomic mass is 9.85. The molecule has 1 aromatic heterocycles. The number of methoxy groups -OCH3 is 1. The highest BCUT2D eigenvalue weighted by molar-refractivity contribution is 5.97. The summed E-state index contributed by atoms with van der Waals surface area (Å²) < 4.78 is 7.09. The van der Waals surface area contributed by atoms with E-state index in [4.69, 9.17) is 10.5 Å². The van der Waals surface area contributed by atoms with Crippen LogP contribution >= 0.6 is 0 Å². The highest BCUT2D eigenvalue weighted by Gasteiger charge is 2.54. The molecule has 3 heterocycles. The van der Waals surface area contributed by atoms with Crippen LogP contribution in [0.4, 0.5) is 5.69 Å². The van der Waals surface area contributed by atoms with E-state index in [1.165, 1.54) is 0 Å². The normalized spacial score (nSPS) is 17.0. The fourth-order valence-electron chi connectivity index (χ4n) is 6.44. The van der Waals surface area contributed by atoms with Crippen molar-refractivity contribution in [1.82, 2.24) is 30.0 Å². The smallest absolute Gasteiger partial charge is 0.250 e. The first-order valence-corrected chi connectivity index (χ1v) is 16.0. The topological polar surface area (TPSA) is 155 Å². The SMILES string of the molecule is CCNC(=O)CN1CN(c2ccccc2)C2(CCN(C(=O)[C@@H](Cc3ccc(OC)cc3)NC(=O)C(N)Cc3cncn3C)CC2)C1=O. The summed E-state index contributed by atoms with van der Waals surface area (Å²) in [6, 6.07) is 15.3. The zero-order valence-corrected chi connectivity index (χ0v) is 27.2. The van der Waals surface area contributed by atoms with Gasteiger partial charge in [-0.1, -0.05) is 30.3 Å². The van der Waals surface area contributed by atoms with Gasteiger partial charge in [0.1, 0.15) is 23.9 Å². The first-order chi connectivity index (χ1) is 22.6. The van der Waals surface area contributed by atoms with E-state index in [1.807, 2.05) is 68.6 Å². The predicted molar refractivity (Wildman–Crippen MR) is 176 cm³/mol. The van der Waals surface area contributed by atoms with Crippen LogP contribution in [0.15, 0.2) is 67.1 Å². The number of benzene rings is 2. The number of hydrogen-bond acceptors (Lipinski definition) is 8. The number of amides is 4. The van der Waals surface area contributed by atoms with Crippen molar-refractivity contribution in [3.8, 4) is 5.75 Å².